The average Bonchev–Trinajstić information content (AvgIpc) is 3.25. The van der Waals surface area contributed by atoms with Crippen LogP contribution in [0.5, 0.6) is 0 Å². The highest BCUT2D eigenvalue weighted by atomic mass is 32.2. The fraction of sp³-hybridized carbons (Fsp3) is 0.522. The molecule has 1 fully saturated rings. The molecule has 2 heterocycles. The smallest absolute Gasteiger partial charge is 0.251 e. The maximum Gasteiger partial charge on any atom is 0.251 e. The van der Waals surface area contributed by atoms with E-state index in [2.05, 4.69) is 50.0 Å². The van der Waals surface area contributed by atoms with E-state index in [1.807, 2.05) is 18.2 Å². The Morgan fingerprint density at radius 1 is 1.14 bits per heavy atom. The van der Waals surface area contributed by atoms with Crippen molar-refractivity contribution < 1.29 is 4.79 Å². The van der Waals surface area contributed by atoms with Gasteiger partial charge in [0.05, 0.1) is 0 Å². The number of benzene rings is 1. The summed E-state index contributed by atoms with van der Waals surface area (Å²) in [7, 11) is 0. The number of carbonyl (C=O) groups is 1. The molecule has 1 saturated heterocycles. The standard InChI is InChI=1S/C23H32N4OS/c1-16(2)14-24-22(28)19-9-7-8-18(12-19)15-29-23-25-20(17(3)4)13-21(26-23)27-10-5-6-11-27/h7-9,12-13,16-17H,5-6,10-11,14-15H2,1-4H3,(H,24,28). The molecule has 6 heteroatoms. The lowest BCUT2D eigenvalue weighted by Gasteiger charge is -2.18. The molecule has 0 aliphatic carbocycles. The van der Waals surface area contributed by atoms with Crippen LogP contribution in [0.4, 0.5) is 5.82 Å². The van der Waals surface area contributed by atoms with E-state index in [-0.39, 0.29) is 5.91 Å². The van der Waals surface area contributed by atoms with E-state index in [0.717, 1.165) is 41.1 Å². The summed E-state index contributed by atoms with van der Waals surface area (Å²) in [6, 6.07) is 9.97. The molecule has 0 bridgehead atoms. The van der Waals surface area contributed by atoms with Gasteiger partial charge in [-0.1, -0.05) is 51.6 Å². The van der Waals surface area contributed by atoms with Crippen molar-refractivity contribution >= 4 is 23.5 Å². The van der Waals surface area contributed by atoms with Crippen LogP contribution in [0, 0.1) is 5.92 Å². The predicted octanol–water partition coefficient (Wildman–Crippen LogP) is 4.88. The molecule has 1 aliphatic rings. The summed E-state index contributed by atoms with van der Waals surface area (Å²) >= 11 is 1.64. The maximum absolute atomic E-state index is 12.3. The van der Waals surface area contributed by atoms with Crippen molar-refractivity contribution in [3.63, 3.8) is 0 Å². The van der Waals surface area contributed by atoms with Gasteiger partial charge in [-0.05, 0) is 42.4 Å². The Bertz CT molecular complexity index is 831. The molecule has 1 aliphatic heterocycles. The predicted molar refractivity (Wildman–Crippen MR) is 121 cm³/mol. The summed E-state index contributed by atoms with van der Waals surface area (Å²) in [6.07, 6.45) is 2.46. The number of hydrogen-bond acceptors (Lipinski definition) is 5. The van der Waals surface area contributed by atoms with Gasteiger partial charge in [-0.3, -0.25) is 4.79 Å². The lowest BCUT2D eigenvalue weighted by atomic mass is 10.1. The van der Waals surface area contributed by atoms with E-state index < -0.39 is 0 Å². The molecule has 29 heavy (non-hydrogen) atoms. The Kier molecular flexibility index (Phi) is 7.53. The van der Waals surface area contributed by atoms with Gasteiger partial charge in [0, 0.05) is 42.7 Å². The van der Waals surface area contributed by atoms with Crippen molar-refractivity contribution in [1.29, 1.82) is 0 Å². The molecule has 3 rings (SSSR count). The van der Waals surface area contributed by atoms with Crippen LogP contribution in [-0.2, 0) is 5.75 Å². The minimum Gasteiger partial charge on any atom is -0.356 e. The number of anilines is 1. The molecule has 2 aromatic rings. The molecule has 1 aromatic carbocycles. The fourth-order valence-electron chi connectivity index (χ4n) is 3.25. The largest absolute Gasteiger partial charge is 0.356 e. The third kappa shape index (κ3) is 6.20. The lowest BCUT2D eigenvalue weighted by Crippen LogP contribution is -2.27. The van der Waals surface area contributed by atoms with Crippen LogP contribution in [0.25, 0.3) is 0 Å². The quantitative estimate of drug-likeness (QED) is 0.495. The van der Waals surface area contributed by atoms with E-state index in [9.17, 15) is 4.79 Å². The Morgan fingerprint density at radius 3 is 2.59 bits per heavy atom. The first-order valence-corrected chi connectivity index (χ1v) is 11.5. The monoisotopic (exact) mass is 412 g/mol. The maximum atomic E-state index is 12.3. The second kappa shape index (κ2) is 10.1. The molecule has 156 valence electrons. The molecule has 1 aromatic heterocycles. The highest BCUT2D eigenvalue weighted by Gasteiger charge is 2.17. The Labute approximate surface area is 178 Å². The molecule has 1 N–H and O–H groups in total. The van der Waals surface area contributed by atoms with Crippen LogP contribution in [0.3, 0.4) is 0 Å². The van der Waals surface area contributed by atoms with Gasteiger partial charge < -0.3 is 10.2 Å². The number of thioether (sulfide) groups is 1. The third-order valence-corrected chi connectivity index (χ3v) is 5.88. The summed E-state index contributed by atoms with van der Waals surface area (Å²) < 4.78 is 0. The van der Waals surface area contributed by atoms with Crippen molar-refractivity contribution in [1.82, 2.24) is 15.3 Å². The number of carbonyl (C=O) groups excluding carboxylic acids is 1. The molecule has 5 nitrogen and oxygen atoms in total. The number of nitrogens with zero attached hydrogens (tertiary/aromatic N) is 3. The van der Waals surface area contributed by atoms with Crippen LogP contribution < -0.4 is 10.2 Å². The molecule has 0 atom stereocenters. The molecule has 0 saturated carbocycles. The normalized spacial score (nSPS) is 14.1. The topological polar surface area (TPSA) is 58.1 Å². The van der Waals surface area contributed by atoms with Gasteiger partial charge in [0.15, 0.2) is 5.16 Å². The van der Waals surface area contributed by atoms with Crippen molar-refractivity contribution in [3.05, 3.63) is 47.2 Å². The number of amides is 1. The number of hydrogen-bond donors (Lipinski definition) is 1. The van der Waals surface area contributed by atoms with E-state index in [1.54, 1.807) is 11.8 Å². The third-order valence-electron chi connectivity index (χ3n) is 4.96. The highest BCUT2D eigenvalue weighted by Crippen LogP contribution is 2.27. The molecule has 0 spiro atoms. The van der Waals surface area contributed by atoms with Gasteiger partial charge in [0.25, 0.3) is 5.91 Å². The fourth-order valence-corrected chi connectivity index (χ4v) is 4.05. The first kappa shape index (κ1) is 21.6. The Balaban J connectivity index is 1.70. The molecule has 0 radical (unpaired) electrons. The zero-order valence-electron chi connectivity index (χ0n) is 17.9. The Hall–Kier alpha value is -2.08. The van der Waals surface area contributed by atoms with Crippen molar-refractivity contribution in [2.75, 3.05) is 24.5 Å². The second-order valence-electron chi connectivity index (χ2n) is 8.38. The molecule has 1 amide bonds. The van der Waals surface area contributed by atoms with Gasteiger partial charge >= 0.3 is 0 Å². The summed E-state index contributed by atoms with van der Waals surface area (Å²) in [5.41, 5.74) is 2.90. The van der Waals surface area contributed by atoms with Crippen molar-refractivity contribution in [2.45, 2.75) is 57.4 Å². The van der Waals surface area contributed by atoms with Crippen LogP contribution in [0.2, 0.25) is 0 Å². The van der Waals surface area contributed by atoms with E-state index in [0.29, 0.717) is 23.9 Å². The SMILES string of the molecule is CC(C)CNC(=O)c1cccc(CSc2nc(C(C)C)cc(N3CCCC3)n2)c1. The van der Waals surface area contributed by atoms with Gasteiger partial charge in [-0.2, -0.15) is 0 Å². The molecule has 0 unspecified atom stereocenters. The van der Waals surface area contributed by atoms with Gasteiger partial charge in [-0.25, -0.2) is 9.97 Å². The summed E-state index contributed by atoms with van der Waals surface area (Å²) in [5, 5.41) is 3.79. The first-order chi connectivity index (χ1) is 13.9. The summed E-state index contributed by atoms with van der Waals surface area (Å²) in [6.45, 7) is 11.4. The van der Waals surface area contributed by atoms with Crippen LogP contribution in [-0.4, -0.2) is 35.5 Å². The van der Waals surface area contributed by atoms with E-state index >= 15 is 0 Å². The Morgan fingerprint density at radius 2 is 1.90 bits per heavy atom. The van der Waals surface area contributed by atoms with Gasteiger partial charge in [0.2, 0.25) is 0 Å². The average molecular weight is 413 g/mol. The van der Waals surface area contributed by atoms with Crippen LogP contribution in [0.15, 0.2) is 35.5 Å². The van der Waals surface area contributed by atoms with Crippen molar-refractivity contribution in [2.24, 2.45) is 5.92 Å². The van der Waals surface area contributed by atoms with Gasteiger partial charge in [0.1, 0.15) is 5.82 Å². The van der Waals surface area contributed by atoms with Crippen LogP contribution in [0.1, 0.15) is 68.1 Å². The van der Waals surface area contributed by atoms with Gasteiger partial charge in [-0.15, -0.1) is 0 Å². The highest BCUT2D eigenvalue weighted by molar-refractivity contribution is 7.98. The van der Waals surface area contributed by atoms with E-state index in [4.69, 9.17) is 9.97 Å². The number of nitrogens with one attached hydrogen (secondary N) is 1. The summed E-state index contributed by atoms with van der Waals surface area (Å²) in [4.78, 5) is 24.3. The van der Waals surface area contributed by atoms with Crippen molar-refractivity contribution in [3.8, 4) is 0 Å². The lowest BCUT2D eigenvalue weighted by molar-refractivity contribution is 0.0949. The molecular formula is C23H32N4OS. The number of rotatable bonds is 8. The minimum atomic E-state index is -0.0140. The van der Waals surface area contributed by atoms with E-state index in [1.165, 1.54) is 12.8 Å². The first-order valence-electron chi connectivity index (χ1n) is 10.6. The zero-order chi connectivity index (χ0) is 20.8. The zero-order valence-corrected chi connectivity index (χ0v) is 18.8. The summed E-state index contributed by atoms with van der Waals surface area (Å²) in [5.74, 6) is 2.58. The number of aromatic nitrogens is 2. The molecular weight excluding hydrogens is 380 g/mol. The van der Waals surface area contributed by atoms with Crippen LogP contribution >= 0.6 is 11.8 Å². The second-order valence-corrected chi connectivity index (χ2v) is 9.32. The minimum absolute atomic E-state index is 0.0140.